The molecule has 0 heterocycles. The minimum atomic E-state index is -4.40. The predicted molar refractivity (Wildman–Crippen MR) is 47.0 cm³/mol. The van der Waals surface area contributed by atoms with E-state index >= 15 is 0 Å². The first-order valence-electron chi connectivity index (χ1n) is 3.29. The summed E-state index contributed by atoms with van der Waals surface area (Å²) in [6.07, 6.45) is -4.40. The Balaban J connectivity index is 3.29. The fourth-order valence-electron chi connectivity index (χ4n) is 0.907. The number of para-hydroxylation sites is 1. The van der Waals surface area contributed by atoms with Crippen molar-refractivity contribution in [2.75, 3.05) is 5.43 Å². The fraction of sp³-hybridized carbons (Fsp3) is 0.143. The van der Waals surface area contributed by atoms with Crippen LogP contribution in [0.25, 0.3) is 0 Å². The Labute approximate surface area is 81.0 Å². The van der Waals surface area contributed by atoms with Crippen molar-refractivity contribution in [1.82, 2.24) is 0 Å². The minimum Gasteiger partial charge on any atom is -0.322 e. The van der Waals surface area contributed by atoms with E-state index in [0.717, 1.165) is 6.07 Å². The summed E-state index contributed by atoms with van der Waals surface area (Å²) in [5.74, 6) is 4.97. The number of anilines is 1. The zero-order chi connectivity index (χ0) is 10.1. The second kappa shape index (κ2) is 3.55. The third-order valence-electron chi connectivity index (χ3n) is 1.46. The molecule has 6 heteroatoms. The SMILES string of the molecule is NNc1c(Br)cccc1C(F)(F)F. The largest absolute Gasteiger partial charge is 0.418 e. The van der Waals surface area contributed by atoms with E-state index in [0.29, 0.717) is 0 Å². The van der Waals surface area contributed by atoms with E-state index in [1.165, 1.54) is 12.1 Å². The molecule has 0 aromatic heterocycles. The molecule has 0 aliphatic carbocycles. The molecule has 0 aliphatic rings. The molecule has 0 aliphatic heterocycles. The van der Waals surface area contributed by atoms with Gasteiger partial charge in [0.15, 0.2) is 0 Å². The number of nitrogens with one attached hydrogen (secondary N) is 1. The van der Waals surface area contributed by atoms with E-state index in [9.17, 15) is 13.2 Å². The summed E-state index contributed by atoms with van der Waals surface area (Å²) in [4.78, 5) is 0. The molecule has 0 saturated heterocycles. The topological polar surface area (TPSA) is 38.0 Å². The highest BCUT2D eigenvalue weighted by atomic mass is 79.9. The zero-order valence-electron chi connectivity index (χ0n) is 6.32. The van der Waals surface area contributed by atoms with Gasteiger partial charge in [0.2, 0.25) is 0 Å². The van der Waals surface area contributed by atoms with Crippen LogP contribution in [0, 0.1) is 0 Å². The van der Waals surface area contributed by atoms with Gasteiger partial charge < -0.3 is 5.43 Å². The molecule has 0 bridgehead atoms. The molecule has 0 atom stereocenters. The van der Waals surface area contributed by atoms with Gasteiger partial charge in [0.25, 0.3) is 0 Å². The molecule has 72 valence electrons. The summed E-state index contributed by atoms with van der Waals surface area (Å²) in [5.41, 5.74) is 1.06. The second-order valence-corrected chi connectivity index (χ2v) is 3.16. The lowest BCUT2D eigenvalue weighted by atomic mass is 10.2. The van der Waals surface area contributed by atoms with Crippen molar-refractivity contribution in [3.8, 4) is 0 Å². The summed E-state index contributed by atoms with van der Waals surface area (Å²) in [7, 11) is 0. The summed E-state index contributed by atoms with van der Waals surface area (Å²) >= 11 is 2.96. The Morgan fingerprint density at radius 3 is 2.31 bits per heavy atom. The highest BCUT2D eigenvalue weighted by Crippen LogP contribution is 2.37. The Kier molecular flexibility index (Phi) is 2.82. The lowest BCUT2D eigenvalue weighted by Gasteiger charge is -2.13. The van der Waals surface area contributed by atoms with Crippen molar-refractivity contribution in [1.29, 1.82) is 0 Å². The van der Waals surface area contributed by atoms with Gasteiger partial charge in [-0.15, -0.1) is 0 Å². The first-order valence-corrected chi connectivity index (χ1v) is 4.08. The average molecular weight is 255 g/mol. The van der Waals surface area contributed by atoms with Gasteiger partial charge in [-0.05, 0) is 28.1 Å². The first kappa shape index (κ1) is 10.3. The van der Waals surface area contributed by atoms with Crippen molar-refractivity contribution in [3.63, 3.8) is 0 Å². The molecular formula is C7H6BrF3N2. The van der Waals surface area contributed by atoms with Gasteiger partial charge in [-0.1, -0.05) is 6.07 Å². The monoisotopic (exact) mass is 254 g/mol. The number of rotatable bonds is 1. The molecule has 0 radical (unpaired) electrons. The average Bonchev–Trinajstić information content (AvgIpc) is 2.02. The third kappa shape index (κ3) is 2.13. The maximum absolute atomic E-state index is 12.3. The number of halogens is 4. The van der Waals surface area contributed by atoms with Crippen molar-refractivity contribution >= 4 is 21.6 Å². The maximum atomic E-state index is 12.3. The molecule has 2 nitrogen and oxygen atoms in total. The van der Waals surface area contributed by atoms with Crippen LogP contribution in [-0.2, 0) is 6.18 Å². The number of benzene rings is 1. The second-order valence-electron chi connectivity index (χ2n) is 2.30. The Morgan fingerprint density at radius 1 is 1.31 bits per heavy atom. The summed E-state index contributed by atoms with van der Waals surface area (Å²) in [5, 5.41) is 0. The van der Waals surface area contributed by atoms with E-state index in [1.807, 2.05) is 5.43 Å². The highest BCUT2D eigenvalue weighted by molar-refractivity contribution is 9.10. The standard InChI is InChI=1S/C7H6BrF3N2/c8-5-3-1-2-4(6(5)13-12)7(9,10)11/h1-3,13H,12H2. The molecule has 1 rings (SSSR count). The van der Waals surface area contributed by atoms with E-state index in [-0.39, 0.29) is 10.2 Å². The number of nitrogens with two attached hydrogens (primary N) is 1. The molecule has 0 amide bonds. The smallest absolute Gasteiger partial charge is 0.322 e. The van der Waals surface area contributed by atoms with E-state index in [1.54, 1.807) is 0 Å². The van der Waals surface area contributed by atoms with Gasteiger partial charge in [-0.2, -0.15) is 13.2 Å². The minimum absolute atomic E-state index is 0.157. The van der Waals surface area contributed by atoms with Gasteiger partial charge >= 0.3 is 6.18 Å². The molecule has 1 aromatic carbocycles. The number of hydrogen-bond acceptors (Lipinski definition) is 2. The summed E-state index contributed by atoms with van der Waals surface area (Å²) in [6.45, 7) is 0. The Hall–Kier alpha value is -0.750. The highest BCUT2D eigenvalue weighted by Gasteiger charge is 2.33. The number of nitrogen functional groups attached to an aromatic ring is 1. The van der Waals surface area contributed by atoms with Gasteiger partial charge in [-0.25, -0.2) is 0 Å². The molecule has 0 fully saturated rings. The normalized spacial score (nSPS) is 11.5. The van der Waals surface area contributed by atoms with Gasteiger partial charge in [0, 0.05) is 4.47 Å². The Bertz CT molecular complexity index is 311. The van der Waals surface area contributed by atoms with E-state index < -0.39 is 11.7 Å². The Morgan fingerprint density at radius 2 is 1.92 bits per heavy atom. The van der Waals surface area contributed by atoms with E-state index in [4.69, 9.17) is 5.84 Å². The number of hydrogen-bond donors (Lipinski definition) is 2. The van der Waals surface area contributed by atoms with Crippen molar-refractivity contribution in [2.45, 2.75) is 6.18 Å². The lowest BCUT2D eigenvalue weighted by molar-refractivity contribution is -0.137. The molecule has 0 spiro atoms. The molecule has 0 saturated carbocycles. The van der Waals surface area contributed by atoms with Crippen LogP contribution in [0.5, 0.6) is 0 Å². The summed E-state index contributed by atoms with van der Waals surface area (Å²) in [6, 6.07) is 3.73. The lowest BCUT2D eigenvalue weighted by Crippen LogP contribution is -2.15. The van der Waals surface area contributed by atoms with Crippen LogP contribution in [0.3, 0.4) is 0 Å². The molecule has 1 aromatic rings. The molecule has 0 unspecified atom stereocenters. The molecule has 3 N–H and O–H groups in total. The van der Waals surface area contributed by atoms with Gasteiger partial charge in [-0.3, -0.25) is 5.84 Å². The predicted octanol–water partition coefficient (Wildman–Crippen LogP) is 2.75. The quantitative estimate of drug-likeness (QED) is 0.598. The van der Waals surface area contributed by atoms with Crippen LogP contribution in [0.1, 0.15) is 5.56 Å². The van der Waals surface area contributed by atoms with Crippen molar-refractivity contribution in [3.05, 3.63) is 28.2 Å². The first-order chi connectivity index (χ1) is 5.96. The molecule has 13 heavy (non-hydrogen) atoms. The van der Waals surface area contributed by atoms with Gasteiger partial charge in [0.1, 0.15) is 0 Å². The van der Waals surface area contributed by atoms with E-state index in [2.05, 4.69) is 15.9 Å². The van der Waals surface area contributed by atoms with Crippen LogP contribution in [-0.4, -0.2) is 0 Å². The molecular weight excluding hydrogens is 249 g/mol. The maximum Gasteiger partial charge on any atom is 0.418 e. The number of hydrazine groups is 1. The van der Waals surface area contributed by atoms with Crippen LogP contribution in [0.4, 0.5) is 18.9 Å². The third-order valence-corrected chi connectivity index (χ3v) is 2.12. The van der Waals surface area contributed by atoms with Crippen LogP contribution in [0.15, 0.2) is 22.7 Å². The number of alkyl halides is 3. The zero-order valence-corrected chi connectivity index (χ0v) is 7.91. The van der Waals surface area contributed by atoms with Crippen molar-refractivity contribution in [2.24, 2.45) is 5.84 Å². The van der Waals surface area contributed by atoms with Crippen LogP contribution < -0.4 is 11.3 Å². The van der Waals surface area contributed by atoms with Crippen LogP contribution in [0.2, 0.25) is 0 Å². The van der Waals surface area contributed by atoms with Crippen molar-refractivity contribution < 1.29 is 13.2 Å². The van der Waals surface area contributed by atoms with Gasteiger partial charge in [0.05, 0.1) is 11.3 Å². The van der Waals surface area contributed by atoms with Crippen LogP contribution >= 0.6 is 15.9 Å². The fourth-order valence-corrected chi connectivity index (χ4v) is 1.39. The summed E-state index contributed by atoms with van der Waals surface area (Å²) < 4.78 is 37.2.